The highest BCUT2D eigenvalue weighted by atomic mass is 16.5. The first-order valence-corrected chi connectivity index (χ1v) is 7.09. The first-order chi connectivity index (χ1) is 7.90. The van der Waals surface area contributed by atoms with E-state index in [4.69, 9.17) is 9.47 Å². The summed E-state index contributed by atoms with van der Waals surface area (Å²) in [4.78, 5) is 0. The second-order valence-corrected chi connectivity index (χ2v) is 5.43. The van der Waals surface area contributed by atoms with Crippen LogP contribution in [0.3, 0.4) is 0 Å². The van der Waals surface area contributed by atoms with E-state index in [1.807, 2.05) is 0 Å². The minimum atomic E-state index is 0.565. The lowest BCUT2D eigenvalue weighted by Crippen LogP contribution is -2.31. The molecular weight excluding hydrogens is 200 g/mol. The van der Waals surface area contributed by atoms with Gasteiger partial charge < -0.3 is 9.47 Å². The molecule has 2 heteroatoms. The van der Waals surface area contributed by atoms with Gasteiger partial charge in [0.1, 0.15) is 0 Å². The van der Waals surface area contributed by atoms with Crippen LogP contribution in [0.15, 0.2) is 0 Å². The van der Waals surface area contributed by atoms with E-state index in [1.165, 1.54) is 44.9 Å². The molecule has 2 unspecified atom stereocenters. The molecule has 16 heavy (non-hydrogen) atoms. The molecule has 2 atom stereocenters. The zero-order valence-corrected chi connectivity index (χ0v) is 10.6. The molecule has 2 aliphatic rings. The topological polar surface area (TPSA) is 18.5 Å². The fraction of sp³-hybridized carbons (Fsp3) is 1.00. The van der Waals surface area contributed by atoms with Gasteiger partial charge >= 0.3 is 0 Å². The summed E-state index contributed by atoms with van der Waals surface area (Å²) in [6.07, 6.45) is 9.86. The van der Waals surface area contributed by atoms with Gasteiger partial charge in [-0.15, -0.1) is 0 Å². The lowest BCUT2D eigenvalue weighted by atomic mass is 9.86. The second-order valence-electron chi connectivity index (χ2n) is 5.43. The van der Waals surface area contributed by atoms with Crippen molar-refractivity contribution in [2.45, 2.75) is 58.0 Å². The summed E-state index contributed by atoms with van der Waals surface area (Å²) in [7, 11) is 0. The van der Waals surface area contributed by atoms with E-state index in [1.54, 1.807) is 0 Å². The van der Waals surface area contributed by atoms with Crippen LogP contribution in [0.5, 0.6) is 0 Å². The maximum Gasteiger partial charge on any atom is 0.0603 e. The van der Waals surface area contributed by atoms with E-state index in [0.717, 1.165) is 31.7 Å². The van der Waals surface area contributed by atoms with Gasteiger partial charge in [0.25, 0.3) is 0 Å². The molecule has 2 aliphatic heterocycles. The molecule has 2 fully saturated rings. The molecule has 0 aliphatic carbocycles. The van der Waals surface area contributed by atoms with Crippen molar-refractivity contribution in [1.82, 2.24) is 0 Å². The second kappa shape index (κ2) is 6.61. The molecule has 0 bridgehead atoms. The average molecular weight is 226 g/mol. The Hall–Kier alpha value is -0.0800. The summed E-state index contributed by atoms with van der Waals surface area (Å²) in [5.74, 6) is 1.70. The van der Waals surface area contributed by atoms with Crippen LogP contribution >= 0.6 is 0 Å². The van der Waals surface area contributed by atoms with Gasteiger partial charge in [0, 0.05) is 12.5 Å². The van der Waals surface area contributed by atoms with E-state index in [-0.39, 0.29) is 0 Å². The summed E-state index contributed by atoms with van der Waals surface area (Å²) < 4.78 is 11.2. The van der Waals surface area contributed by atoms with Gasteiger partial charge in [0.2, 0.25) is 0 Å². The van der Waals surface area contributed by atoms with Gasteiger partial charge in [-0.3, -0.25) is 0 Å². The summed E-state index contributed by atoms with van der Waals surface area (Å²) in [5, 5.41) is 0. The van der Waals surface area contributed by atoms with Crippen LogP contribution in [0.2, 0.25) is 0 Å². The van der Waals surface area contributed by atoms with Crippen molar-refractivity contribution >= 4 is 0 Å². The molecule has 0 aromatic heterocycles. The van der Waals surface area contributed by atoms with E-state index in [0.29, 0.717) is 6.10 Å². The maximum absolute atomic E-state index is 5.95. The fourth-order valence-corrected chi connectivity index (χ4v) is 2.98. The highest BCUT2D eigenvalue weighted by molar-refractivity contribution is 4.75. The van der Waals surface area contributed by atoms with Crippen molar-refractivity contribution in [3.05, 3.63) is 0 Å². The highest BCUT2D eigenvalue weighted by Gasteiger charge is 2.25. The number of rotatable bonds is 6. The van der Waals surface area contributed by atoms with Gasteiger partial charge in [0.15, 0.2) is 0 Å². The van der Waals surface area contributed by atoms with Crippen LogP contribution in [0.4, 0.5) is 0 Å². The summed E-state index contributed by atoms with van der Waals surface area (Å²) >= 11 is 0. The van der Waals surface area contributed by atoms with Crippen LogP contribution in [-0.2, 0) is 9.47 Å². The summed E-state index contributed by atoms with van der Waals surface area (Å²) in [5.41, 5.74) is 0. The van der Waals surface area contributed by atoms with E-state index in [2.05, 4.69) is 6.92 Å². The summed E-state index contributed by atoms with van der Waals surface area (Å²) in [6, 6.07) is 0. The smallest absolute Gasteiger partial charge is 0.0603 e. The molecule has 0 amide bonds. The van der Waals surface area contributed by atoms with Crippen molar-refractivity contribution in [3.8, 4) is 0 Å². The molecule has 2 nitrogen and oxygen atoms in total. The third-order valence-electron chi connectivity index (χ3n) is 4.04. The van der Waals surface area contributed by atoms with Crippen LogP contribution in [0.25, 0.3) is 0 Å². The number of ether oxygens (including phenoxy) is 2. The Balaban J connectivity index is 1.64. The Kier molecular flexibility index (Phi) is 5.11. The van der Waals surface area contributed by atoms with Crippen molar-refractivity contribution in [2.75, 3.05) is 19.8 Å². The Morgan fingerprint density at radius 2 is 2.00 bits per heavy atom. The van der Waals surface area contributed by atoms with Gasteiger partial charge in [-0.2, -0.15) is 0 Å². The first kappa shape index (κ1) is 12.4. The average Bonchev–Trinajstić information content (AvgIpc) is 2.24. The van der Waals surface area contributed by atoms with Crippen LogP contribution in [0, 0.1) is 11.8 Å². The van der Waals surface area contributed by atoms with E-state index < -0.39 is 0 Å². The number of hydrogen-bond donors (Lipinski definition) is 0. The van der Waals surface area contributed by atoms with Crippen molar-refractivity contribution in [2.24, 2.45) is 11.8 Å². The normalized spacial score (nSPS) is 31.3. The van der Waals surface area contributed by atoms with E-state index in [9.17, 15) is 0 Å². The third kappa shape index (κ3) is 3.46. The maximum atomic E-state index is 5.95. The van der Waals surface area contributed by atoms with Crippen LogP contribution in [-0.4, -0.2) is 25.9 Å². The first-order valence-electron chi connectivity index (χ1n) is 7.09. The molecule has 2 rings (SSSR count). The SMILES string of the molecule is CCCC1CCCOC1CCCC1COC1. The van der Waals surface area contributed by atoms with Crippen LogP contribution < -0.4 is 0 Å². The highest BCUT2D eigenvalue weighted by Crippen LogP contribution is 2.29. The van der Waals surface area contributed by atoms with Crippen molar-refractivity contribution in [3.63, 3.8) is 0 Å². The number of hydrogen-bond acceptors (Lipinski definition) is 2. The van der Waals surface area contributed by atoms with Gasteiger partial charge in [-0.05, 0) is 38.0 Å². The Morgan fingerprint density at radius 1 is 1.12 bits per heavy atom. The van der Waals surface area contributed by atoms with Crippen molar-refractivity contribution in [1.29, 1.82) is 0 Å². The zero-order valence-electron chi connectivity index (χ0n) is 10.6. The Morgan fingerprint density at radius 3 is 2.69 bits per heavy atom. The molecule has 0 radical (unpaired) electrons. The predicted octanol–water partition coefficient (Wildman–Crippen LogP) is 3.40. The van der Waals surface area contributed by atoms with Crippen LogP contribution in [0.1, 0.15) is 51.9 Å². The lowest BCUT2D eigenvalue weighted by molar-refractivity contribution is -0.0500. The third-order valence-corrected chi connectivity index (χ3v) is 4.04. The minimum absolute atomic E-state index is 0.565. The van der Waals surface area contributed by atoms with Gasteiger partial charge in [-0.25, -0.2) is 0 Å². The Labute approximate surface area is 99.7 Å². The molecule has 0 aromatic rings. The quantitative estimate of drug-likeness (QED) is 0.691. The van der Waals surface area contributed by atoms with Gasteiger partial charge in [-0.1, -0.05) is 19.8 Å². The lowest BCUT2D eigenvalue weighted by Gasteiger charge is -2.32. The fourth-order valence-electron chi connectivity index (χ4n) is 2.98. The minimum Gasteiger partial charge on any atom is -0.381 e. The molecule has 0 saturated carbocycles. The molecule has 2 heterocycles. The van der Waals surface area contributed by atoms with Crippen molar-refractivity contribution < 1.29 is 9.47 Å². The largest absolute Gasteiger partial charge is 0.381 e. The summed E-state index contributed by atoms with van der Waals surface area (Å²) in [6.45, 7) is 5.29. The van der Waals surface area contributed by atoms with E-state index >= 15 is 0 Å². The zero-order chi connectivity index (χ0) is 11.2. The molecule has 0 spiro atoms. The predicted molar refractivity (Wildman–Crippen MR) is 65.5 cm³/mol. The Bertz CT molecular complexity index is 187. The molecular formula is C14H26O2. The standard InChI is InChI=1S/C14H26O2/c1-2-5-13-7-4-9-16-14(13)8-3-6-12-10-15-11-12/h12-14H,2-11H2,1H3. The molecule has 0 aromatic carbocycles. The molecule has 2 saturated heterocycles. The molecule has 0 N–H and O–H groups in total. The van der Waals surface area contributed by atoms with Gasteiger partial charge in [0.05, 0.1) is 19.3 Å². The molecule has 94 valence electrons. The monoisotopic (exact) mass is 226 g/mol.